The van der Waals surface area contributed by atoms with Gasteiger partial charge in [0.15, 0.2) is 8.24 Å². The Balaban J connectivity index is 1.83. The lowest BCUT2D eigenvalue weighted by Gasteiger charge is -2.44. The van der Waals surface area contributed by atoms with E-state index in [9.17, 15) is 13.2 Å². The summed E-state index contributed by atoms with van der Waals surface area (Å²) in [6.45, 7) is 14.1. The quantitative estimate of drug-likeness (QED) is 0.207. The average molecular weight is 569 g/mol. The number of nitrogens with zero attached hydrogens (tertiary/aromatic N) is 3. The summed E-state index contributed by atoms with van der Waals surface area (Å²) in [4.78, 5) is 9.50. The van der Waals surface area contributed by atoms with Crippen LogP contribution < -0.4 is 10.5 Å². The highest BCUT2D eigenvalue weighted by Crippen LogP contribution is 2.45. The fourth-order valence-corrected chi connectivity index (χ4v) is 13.3. The second kappa shape index (κ2) is 11.4. The topological polar surface area (TPSA) is 66.0 Å². The molecule has 1 aromatic carbocycles. The van der Waals surface area contributed by atoms with Crippen molar-refractivity contribution in [2.75, 3.05) is 7.11 Å². The summed E-state index contributed by atoms with van der Waals surface area (Å²) in [5.74, 6) is 0.378. The Morgan fingerprint density at radius 2 is 1.57 bits per heavy atom. The molecule has 40 heavy (non-hydrogen) atoms. The summed E-state index contributed by atoms with van der Waals surface area (Å²) in [5.41, 5.74) is 10.9. The molecule has 0 fully saturated rings. The van der Waals surface area contributed by atoms with Gasteiger partial charge in [-0.05, 0) is 58.1 Å². The summed E-state index contributed by atoms with van der Waals surface area (Å²) in [5, 5.41) is 1.09. The van der Waals surface area contributed by atoms with E-state index in [0.717, 1.165) is 34.3 Å². The first-order chi connectivity index (χ1) is 18.9. The number of ether oxygens (including phenoxy) is 1. The first-order valence-corrected chi connectivity index (χ1v) is 15.9. The molecule has 0 unspecified atom stereocenters. The van der Waals surface area contributed by atoms with Gasteiger partial charge in [-0.15, -0.1) is 0 Å². The minimum atomic E-state index is -4.46. The summed E-state index contributed by atoms with van der Waals surface area (Å²) in [6.07, 6.45) is 0.214. The highest BCUT2D eigenvalue weighted by molar-refractivity contribution is 6.82. The molecule has 0 amide bonds. The molecule has 0 aliphatic rings. The van der Waals surface area contributed by atoms with E-state index < -0.39 is 20.0 Å². The number of methoxy groups -OCH3 is 1. The first kappa shape index (κ1) is 29.8. The van der Waals surface area contributed by atoms with Gasteiger partial charge in [0.05, 0.1) is 18.4 Å². The average Bonchev–Trinajstić information content (AvgIpc) is 3.26. The van der Waals surface area contributed by atoms with Gasteiger partial charge in [-0.2, -0.15) is 13.2 Å². The zero-order chi connectivity index (χ0) is 29.4. The maximum absolute atomic E-state index is 13.5. The van der Waals surface area contributed by atoms with Crippen LogP contribution in [0.2, 0.25) is 16.6 Å². The van der Waals surface area contributed by atoms with E-state index in [4.69, 9.17) is 15.5 Å². The molecule has 0 bridgehead atoms. The van der Waals surface area contributed by atoms with E-state index >= 15 is 0 Å². The molecule has 0 atom stereocenters. The number of rotatable bonds is 9. The predicted molar refractivity (Wildman–Crippen MR) is 158 cm³/mol. The molecule has 0 saturated heterocycles. The fraction of sp³-hybridized carbons (Fsp3) is 0.419. The van der Waals surface area contributed by atoms with Gasteiger partial charge in [0.2, 0.25) is 5.88 Å². The third kappa shape index (κ3) is 5.17. The van der Waals surface area contributed by atoms with Crippen LogP contribution in [0.25, 0.3) is 22.3 Å². The van der Waals surface area contributed by atoms with E-state index in [1.165, 1.54) is 13.2 Å². The Kier molecular flexibility index (Phi) is 8.47. The summed E-state index contributed by atoms with van der Waals surface area (Å²) in [6, 6.07) is 11.3. The second-order valence-corrected chi connectivity index (χ2v) is 17.1. The number of aromatic nitrogens is 3. The van der Waals surface area contributed by atoms with Crippen molar-refractivity contribution in [1.29, 1.82) is 0 Å². The molecule has 0 aliphatic heterocycles. The molecule has 4 rings (SSSR count). The summed E-state index contributed by atoms with van der Waals surface area (Å²) >= 11 is 0. The lowest BCUT2D eigenvalue weighted by molar-refractivity contribution is -0.137. The maximum Gasteiger partial charge on any atom is 0.416 e. The largest absolute Gasteiger partial charge is 0.481 e. The Hall–Kier alpha value is -3.17. The minimum Gasteiger partial charge on any atom is -0.481 e. The predicted octanol–water partition coefficient (Wildman–Crippen LogP) is 8.20. The number of fused-ring (bicyclic) bond motifs is 1. The lowest BCUT2D eigenvalue weighted by Crippen LogP contribution is -2.51. The highest BCUT2D eigenvalue weighted by Gasteiger charge is 2.46. The SMILES string of the molecule is COc1nc(-c2cc(C(F)(F)F)ccc2CN)ccc1Cc1cn([Si](C(C)C)(C(C)C)C(C)C)c2ncccc12. The molecule has 4 aromatic rings. The highest BCUT2D eigenvalue weighted by atomic mass is 28.3. The second-order valence-electron chi connectivity index (χ2n) is 11.4. The molecule has 9 heteroatoms. The molecular formula is C31H39F3N4OSi. The number of benzene rings is 1. The first-order valence-electron chi connectivity index (χ1n) is 13.8. The molecule has 3 aromatic heterocycles. The fourth-order valence-electron chi connectivity index (χ4n) is 6.70. The third-order valence-corrected chi connectivity index (χ3v) is 15.0. The lowest BCUT2D eigenvalue weighted by atomic mass is 9.99. The minimum absolute atomic E-state index is 0.0961. The van der Waals surface area contributed by atoms with Crippen molar-refractivity contribution in [3.8, 4) is 17.1 Å². The number of alkyl halides is 3. The van der Waals surface area contributed by atoms with E-state index in [1.54, 1.807) is 6.07 Å². The van der Waals surface area contributed by atoms with Crippen molar-refractivity contribution in [2.24, 2.45) is 5.73 Å². The smallest absolute Gasteiger partial charge is 0.416 e. The van der Waals surface area contributed by atoms with Gasteiger partial charge in [0.25, 0.3) is 0 Å². The molecule has 5 nitrogen and oxygen atoms in total. The number of halogens is 3. The van der Waals surface area contributed by atoms with Gasteiger partial charge in [-0.3, -0.25) is 0 Å². The zero-order valence-electron chi connectivity index (χ0n) is 24.3. The third-order valence-electron chi connectivity index (χ3n) is 8.28. The molecule has 3 heterocycles. The Morgan fingerprint density at radius 3 is 2.15 bits per heavy atom. The molecular weight excluding hydrogens is 529 g/mol. The van der Waals surface area contributed by atoms with Gasteiger partial charge in [0, 0.05) is 41.9 Å². The molecule has 0 spiro atoms. The van der Waals surface area contributed by atoms with Gasteiger partial charge < -0.3 is 14.7 Å². The van der Waals surface area contributed by atoms with E-state index in [0.29, 0.717) is 45.7 Å². The van der Waals surface area contributed by atoms with E-state index in [-0.39, 0.29) is 6.54 Å². The molecule has 0 aliphatic carbocycles. The zero-order valence-corrected chi connectivity index (χ0v) is 25.3. The maximum atomic E-state index is 13.5. The van der Waals surface area contributed by atoms with Crippen molar-refractivity contribution in [3.63, 3.8) is 0 Å². The van der Waals surface area contributed by atoms with Crippen LogP contribution in [0.3, 0.4) is 0 Å². The summed E-state index contributed by atoms with van der Waals surface area (Å²) in [7, 11) is -0.535. The molecule has 0 radical (unpaired) electrons. The van der Waals surface area contributed by atoms with E-state index in [2.05, 4.69) is 63.0 Å². The molecule has 214 valence electrons. The Labute approximate surface area is 235 Å². The number of hydrogen-bond acceptors (Lipinski definition) is 4. The standard InChI is InChI=1S/C31H39F3N4OSi/c1-19(2)40(20(3)4,21(5)6)38-18-24(26-9-8-14-36-29(26)38)15-22-11-13-28(37-30(22)39-7)27-16-25(31(32,33)34)12-10-23(27)17-35/h8-14,16,18-21H,15,17,35H2,1-7H3. The van der Waals surface area contributed by atoms with Gasteiger partial charge in [0.1, 0.15) is 5.65 Å². The number of nitrogens with two attached hydrogens (primary N) is 1. The van der Waals surface area contributed by atoms with Crippen molar-refractivity contribution >= 4 is 19.3 Å². The van der Waals surface area contributed by atoms with E-state index in [1.807, 2.05) is 18.3 Å². The molecule has 2 N–H and O–H groups in total. The van der Waals surface area contributed by atoms with Crippen LogP contribution in [0.1, 0.15) is 63.8 Å². The van der Waals surface area contributed by atoms with Crippen LogP contribution in [0, 0.1) is 0 Å². The molecule has 0 saturated carbocycles. The van der Waals surface area contributed by atoms with Crippen molar-refractivity contribution in [1.82, 2.24) is 14.2 Å². The van der Waals surface area contributed by atoms with Crippen LogP contribution >= 0.6 is 0 Å². The van der Waals surface area contributed by atoms with Crippen molar-refractivity contribution < 1.29 is 17.9 Å². The number of hydrogen-bond donors (Lipinski definition) is 1. The van der Waals surface area contributed by atoms with Gasteiger partial charge in [-0.25, -0.2) is 9.97 Å². The van der Waals surface area contributed by atoms with Crippen molar-refractivity contribution in [2.45, 2.75) is 77.3 Å². The number of pyridine rings is 2. The Bertz CT molecular complexity index is 1470. The van der Waals surface area contributed by atoms with Crippen LogP contribution in [0.4, 0.5) is 13.2 Å². The van der Waals surface area contributed by atoms with Crippen molar-refractivity contribution in [3.05, 3.63) is 77.1 Å². The normalized spacial score (nSPS) is 12.8. The van der Waals surface area contributed by atoms with Gasteiger partial charge in [-0.1, -0.05) is 53.7 Å². The van der Waals surface area contributed by atoms with Crippen LogP contribution in [0.5, 0.6) is 5.88 Å². The summed E-state index contributed by atoms with van der Waals surface area (Å²) < 4.78 is 48.5. The van der Waals surface area contributed by atoms with Crippen LogP contribution in [-0.4, -0.2) is 29.5 Å². The van der Waals surface area contributed by atoms with Crippen LogP contribution in [-0.2, 0) is 19.1 Å². The van der Waals surface area contributed by atoms with Crippen LogP contribution in [0.15, 0.2) is 54.9 Å². The monoisotopic (exact) mass is 568 g/mol. The van der Waals surface area contributed by atoms with Gasteiger partial charge >= 0.3 is 6.18 Å². The Morgan fingerprint density at radius 1 is 0.925 bits per heavy atom.